The van der Waals surface area contributed by atoms with Crippen LogP contribution in [0.15, 0.2) is 24.5 Å². The van der Waals surface area contributed by atoms with Gasteiger partial charge in [-0.1, -0.05) is 6.92 Å². The van der Waals surface area contributed by atoms with Gasteiger partial charge < -0.3 is 25.4 Å². The molecule has 0 radical (unpaired) electrons. The van der Waals surface area contributed by atoms with Crippen LogP contribution < -0.4 is 21.1 Å². The van der Waals surface area contributed by atoms with Crippen LogP contribution >= 0.6 is 0 Å². The van der Waals surface area contributed by atoms with Gasteiger partial charge >= 0.3 is 6.09 Å². The standard InChI is InChI=1S/C24H25FN6O4/c1-3-14-17(10-29-23-22(14)27-4-5-34-23)15-6-12-7-18(28-9-16(12)21(26)20(15)25)30-24(33)35-13-8-19(32)31(2)11-13/h6-7,9-10,13,27H,3-5,8,11,26H2,1-2H3,(H,28,30,33)/t13-/m1/s1. The second-order valence-electron chi connectivity index (χ2n) is 8.53. The van der Waals surface area contributed by atoms with E-state index in [1.165, 1.54) is 11.1 Å². The van der Waals surface area contributed by atoms with Gasteiger partial charge in [-0.05, 0) is 29.5 Å². The number of carbonyl (C=O) groups is 2. The minimum Gasteiger partial charge on any atom is -0.474 e. The van der Waals surface area contributed by atoms with Crippen LogP contribution in [0.25, 0.3) is 21.9 Å². The lowest BCUT2D eigenvalue weighted by atomic mass is 9.95. The van der Waals surface area contributed by atoms with Crippen molar-refractivity contribution in [3.05, 3.63) is 35.9 Å². The molecule has 4 N–H and O–H groups in total. The van der Waals surface area contributed by atoms with Crippen molar-refractivity contribution in [2.45, 2.75) is 25.9 Å². The zero-order valence-corrected chi connectivity index (χ0v) is 19.4. The second-order valence-corrected chi connectivity index (χ2v) is 8.53. The van der Waals surface area contributed by atoms with Gasteiger partial charge in [-0.15, -0.1) is 0 Å². The summed E-state index contributed by atoms with van der Waals surface area (Å²) >= 11 is 0. The molecule has 0 saturated carbocycles. The fraction of sp³-hybridized carbons (Fsp3) is 0.333. The van der Waals surface area contributed by atoms with Gasteiger partial charge in [-0.2, -0.15) is 0 Å². The van der Waals surface area contributed by atoms with Crippen LogP contribution in [0.1, 0.15) is 18.9 Å². The molecule has 3 aromatic rings. The molecule has 0 bridgehead atoms. The van der Waals surface area contributed by atoms with Crippen molar-refractivity contribution in [2.75, 3.05) is 43.1 Å². The maximum absolute atomic E-state index is 15.4. The molecule has 1 atom stereocenters. The Hall–Kier alpha value is -4.15. The Balaban J connectivity index is 1.48. The smallest absolute Gasteiger partial charge is 0.413 e. The SMILES string of the molecule is CCc1c(-c2cc3cc(NC(=O)O[C@@H]4CC(=O)N(C)C4)ncc3c(N)c2F)cnc2c1NCCO2. The lowest BCUT2D eigenvalue weighted by molar-refractivity contribution is -0.126. The summed E-state index contributed by atoms with van der Waals surface area (Å²) in [4.78, 5) is 34.0. The quantitative estimate of drug-likeness (QED) is 0.485. The number of anilines is 3. The number of pyridine rings is 2. The number of hydrogen-bond acceptors (Lipinski definition) is 8. The number of ether oxygens (including phenoxy) is 2. The van der Waals surface area contributed by atoms with Crippen LogP contribution in [-0.4, -0.2) is 59.7 Å². The van der Waals surface area contributed by atoms with E-state index in [9.17, 15) is 9.59 Å². The normalized spacial score (nSPS) is 17.1. The van der Waals surface area contributed by atoms with Crippen molar-refractivity contribution < 1.29 is 23.5 Å². The highest BCUT2D eigenvalue weighted by Gasteiger charge is 2.30. The molecule has 182 valence electrons. The monoisotopic (exact) mass is 480 g/mol. The average Bonchev–Trinajstić information content (AvgIpc) is 3.16. The van der Waals surface area contributed by atoms with Gasteiger partial charge in [0.05, 0.1) is 18.7 Å². The van der Waals surface area contributed by atoms with Crippen LogP contribution in [0.5, 0.6) is 5.88 Å². The maximum Gasteiger partial charge on any atom is 0.413 e. The van der Waals surface area contributed by atoms with Crippen LogP contribution in [0, 0.1) is 5.82 Å². The number of carbonyl (C=O) groups excluding carboxylic acids is 2. The minimum absolute atomic E-state index is 0.0457. The number of hydrogen-bond donors (Lipinski definition) is 3. The molecule has 4 heterocycles. The molecule has 0 aliphatic carbocycles. The largest absolute Gasteiger partial charge is 0.474 e. The summed E-state index contributed by atoms with van der Waals surface area (Å²) < 4.78 is 26.4. The first-order chi connectivity index (χ1) is 16.9. The maximum atomic E-state index is 15.4. The lowest BCUT2D eigenvalue weighted by Gasteiger charge is -2.23. The Kier molecular flexibility index (Phi) is 5.75. The van der Waals surface area contributed by atoms with Gasteiger partial charge in [-0.3, -0.25) is 10.1 Å². The van der Waals surface area contributed by atoms with Gasteiger partial charge in [0.2, 0.25) is 11.8 Å². The fourth-order valence-corrected chi connectivity index (χ4v) is 4.49. The van der Waals surface area contributed by atoms with E-state index in [0.717, 1.165) is 11.3 Å². The van der Waals surface area contributed by atoms with Gasteiger partial charge in [0, 0.05) is 42.5 Å². The zero-order chi connectivity index (χ0) is 24.7. The summed E-state index contributed by atoms with van der Waals surface area (Å²) in [7, 11) is 1.65. The van der Waals surface area contributed by atoms with E-state index in [2.05, 4.69) is 20.6 Å². The number of amides is 2. The molecule has 1 fully saturated rings. The number of fused-ring (bicyclic) bond motifs is 2. The summed E-state index contributed by atoms with van der Waals surface area (Å²) in [6.45, 7) is 3.46. The number of likely N-dealkylation sites (tertiary alicyclic amines) is 1. The molecule has 0 spiro atoms. The first-order valence-electron chi connectivity index (χ1n) is 11.3. The van der Waals surface area contributed by atoms with E-state index >= 15 is 4.39 Å². The molecule has 0 unspecified atom stereocenters. The molecular weight excluding hydrogens is 455 g/mol. The van der Waals surface area contributed by atoms with Crippen LogP contribution in [0.4, 0.5) is 26.4 Å². The third-order valence-corrected chi connectivity index (χ3v) is 6.25. The molecule has 1 aromatic carbocycles. The Morgan fingerprint density at radius 1 is 1.34 bits per heavy atom. The van der Waals surface area contributed by atoms with Crippen molar-refractivity contribution >= 4 is 40.0 Å². The molecule has 35 heavy (non-hydrogen) atoms. The van der Waals surface area contributed by atoms with E-state index < -0.39 is 18.0 Å². The minimum atomic E-state index is -0.724. The Morgan fingerprint density at radius 2 is 2.17 bits per heavy atom. The van der Waals surface area contributed by atoms with E-state index in [1.54, 1.807) is 25.4 Å². The topological polar surface area (TPSA) is 132 Å². The Labute approximate surface area is 200 Å². The number of nitrogen functional groups attached to an aromatic ring is 1. The summed E-state index contributed by atoms with van der Waals surface area (Å²) in [6.07, 6.45) is 2.52. The fourth-order valence-electron chi connectivity index (χ4n) is 4.49. The number of nitrogens with one attached hydrogen (secondary N) is 2. The van der Waals surface area contributed by atoms with E-state index in [1.807, 2.05) is 6.92 Å². The van der Waals surface area contributed by atoms with Gasteiger partial charge in [0.25, 0.3) is 0 Å². The Morgan fingerprint density at radius 3 is 2.91 bits per heavy atom. The number of halogens is 1. The van der Waals surface area contributed by atoms with E-state index in [0.29, 0.717) is 53.9 Å². The molecule has 1 saturated heterocycles. The van der Waals surface area contributed by atoms with Crippen LogP contribution in [0.2, 0.25) is 0 Å². The number of benzene rings is 1. The average molecular weight is 481 g/mol. The second kappa shape index (κ2) is 8.90. The highest BCUT2D eigenvalue weighted by atomic mass is 19.1. The molecule has 11 heteroatoms. The van der Waals surface area contributed by atoms with Crippen molar-refractivity contribution in [1.82, 2.24) is 14.9 Å². The van der Waals surface area contributed by atoms with Crippen LogP contribution in [-0.2, 0) is 16.0 Å². The summed E-state index contributed by atoms with van der Waals surface area (Å²) in [6, 6.07) is 3.26. The molecule has 2 aliphatic heterocycles. The molecule has 2 aliphatic rings. The zero-order valence-electron chi connectivity index (χ0n) is 19.4. The number of nitrogens with zero attached hydrogens (tertiary/aromatic N) is 3. The predicted molar refractivity (Wildman–Crippen MR) is 129 cm³/mol. The van der Waals surface area contributed by atoms with Gasteiger partial charge in [-0.25, -0.2) is 19.2 Å². The third-order valence-electron chi connectivity index (χ3n) is 6.25. The van der Waals surface area contributed by atoms with Crippen molar-refractivity contribution in [2.24, 2.45) is 0 Å². The number of aromatic nitrogens is 2. The van der Waals surface area contributed by atoms with Crippen molar-refractivity contribution in [1.29, 1.82) is 0 Å². The predicted octanol–water partition coefficient (Wildman–Crippen LogP) is 3.16. The summed E-state index contributed by atoms with van der Waals surface area (Å²) in [5, 5.41) is 6.87. The van der Waals surface area contributed by atoms with E-state index in [4.69, 9.17) is 15.2 Å². The number of nitrogens with two attached hydrogens (primary N) is 1. The first-order valence-corrected chi connectivity index (χ1v) is 11.3. The molecule has 2 aromatic heterocycles. The van der Waals surface area contributed by atoms with Gasteiger partial charge in [0.15, 0.2) is 5.82 Å². The van der Waals surface area contributed by atoms with Gasteiger partial charge in [0.1, 0.15) is 24.2 Å². The molecule has 5 rings (SSSR count). The van der Waals surface area contributed by atoms with E-state index in [-0.39, 0.29) is 23.8 Å². The van der Waals surface area contributed by atoms with Crippen molar-refractivity contribution in [3.63, 3.8) is 0 Å². The molecular formula is C24H25FN6O4. The number of likely N-dealkylation sites (N-methyl/N-ethyl adjacent to an activating group) is 1. The summed E-state index contributed by atoms with van der Waals surface area (Å²) in [5.41, 5.74) is 8.63. The lowest BCUT2D eigenvalue weighted by Crippen LogP contribution is -2.25. The molecule has 10 nitrogen and oxygen atoms in total. The highest BCUT2D eigenvalue weighted by Crippen LogP contribution is 2.40. The molecule has 2 amide bonds. The Bertz CT molecular complexity index is 1350. The van der Waals surface area contributed by atoms with Crippen molar-refractivity contribution in [3.8, 4) is 17.0 Å². The van der Waals surface area contributed by atoms with Crippen LogP contribution in [0.3, 0.4) is 0 Å². The third kappa shape index (κ3) is 4.13. The highest BCUT2D eigenvalue weighted by molar-refractivity contribution is 5.99. The number of rotatable bonds is 4. The first kappa shape index (κ1) is 22.6. The summed E-state index contributed by atoms with van der Waals surface area (Å²) in [5.74, 6) is 0.0611.